The van der Waals surface area contributed by atoms with Gasteiger partial charge in [-0.3, -0.25) is 9.52 Å². The molecular formula is C18H16FN3O4S. The number of hydrogen-bond donors (Lipinski definition) is 2. The van der Waals surface area contributed by atoms with Crippen molar-refractivity contribution in [2.75, 3.05) is 10.0 Å². The van der Waals surface area contributed by atoms with Crippen LogP contribution in [0, 0.1) is 19.7 Å². The van der Waals surface area contributed by atoms with Gasteiger partial charge in [-0.15, -0.1) is 0 Å². The average Bonchev–Trinajstić information content (AvgIpc) is 2.94. The molecule has 0 aliphatic rings. The number of sulfonamides is 1. The molecule has 140 valence electrons. The lowest BCUT2D eigenvalue weighted by atomic mass is 10.2. The van der Waals surface area contributed by atoms with Gasteiger partial charge in [-0.1, -0.05) is 11.2 Å². The molecule has 0 aliphatic heterocycles. The van der Waals surface area contributed by atoms with Crippen LogP contribution in [0.25, 0.3) is 0 Å². The fourth-order valence-corrected chi connectivity index (χ4v) is 3.91. The minimum atomic E-state index is -3.87. The molecule has 0 unspecified atom stereocenters. The average molecular weight is 389 g/mol. The zero-order valence-corrected chi connectivity index (χ0v) is 15.3. The van der Waals surface area contributed by atoms with E-state index in [1.54, 1.807) is 6.07 Å². The van der Waals surface area contributed by atoms with Crippen molar-refractivity contribution in [2.45, 2.75) is 18.7 Å². The van der Waals surface area contributed by atoms with Crippen molar-refractivity contribution in [3.05, 3.63) is 71.4 Å². The maximum Gasteiger partial charge on any atom is 0.267 e. The highest BCUT2D eigenvalue weighted by molar-refractivity contribution is 7.92. The predicted molar refractivity (Wildman–Crippen MR) is 97.6 cm³/mol. The van der Waals surface area contributed by atoms with Gasteiger partial charge in [-0.05, 0) is 56.3 Å². The SMILES string of the molecule is Cc1noc(C)c1S(=O)(=O)Nc1ccc(C(=O)Nc2cccc(F)c2)cc1. The van der Waals surface area contributed by atoms with Crippen LogP contribution in [-0.4, -0.2) is 19.5 Å². The van der Waals surface area contributed by atoms with Gasteiger partial charge >= 0.3 is 0 Å². The lowest BCUT2D eigenvalue weighted by molar-refractivity contribution is 0.102. The molecule has 0 bridgehead atoms. The monoisotopic (exact) mass is 389 g/mol. The quantitative estimate of drug-likeness (QED) is 0.696. The highest BCUT2D eigenvalue weighted by Gasteiger charge is 2.24. The second-order valence-electron chi connectivity index (χ2n) is 5.80. The summed E-state index contributed by atoms with van der Waals surface area (Å²) in [4.78, 5) is 12.2. The number of amides is 1. The van der Waals surface area contributed by atoms with Crippen molar-refractivity contribution < 1.29 is 22.1 Å². The van der Waals surface area contributed by atoms with Gasteiger partial charge in [0.25, 0.3) is 15.9 Å². The van der Waals surface area contributed by atoms with Crippen LogP contribution in [0.1, 0.15) is 21.8 Å². The molecule has 3 aromatic rings. The van der Waals surface area contributed by atoms with Gasteiger partial charge in [-0.25, -0.2) is 12.8 Å². The summed E-state index contributed by atoms with van der Waals surface area (Å²) in [5, 5.41) is 6.20. The molecule has 0 atom stereocenters. The van der Waals surface area contributed by atoms with E-state index < -0.39 is 21.7 Å². The Balaban J connectivity index is 1.74. The highest BCUT2D eigenvalue weighted by Crippen LogP contribution is 2.22. The van der Waals surface area contributed by atoms with E-state index in [9.17, 15) is 17.6 Å². The van der Waals surface area contributed by atoms with E-state index in [1.807, 2.05) is 0 Å². The van der Waals surface area contributed by atoms with Crippen LogP contribution in [0.2, 0.25) is 0 Å². The first-order valence-electron chi connectivity index (χ1n) is 7.89. The van der Waals surface area contributed by atoms with Gasteiger partial charge in [0.1, 0.15) is 11.5 Å². The third-order valence-corrected chi connectivity index (χ3v) is 5.34. The number of carbonyl (C=O) groups is 1. The molecule has 3 rings (SSSR count). The Hall–Kier alpha value is -3.20. The highest BCUT2D eigenvalue weighted by atomic mass is 32.2. The van der Waals surface area contributed by atoms with Gasteiger partial charge < -0.3 is 9.84 Å². The van der Waals surface area contributed by atoms with E-state index in [1.165, 1.54) is 56.3 Å². The number of nitrogens with zero attached hydrogens (tertiary/aromatic N) is 1. The first-order valence-corrected chi connectivity index (χ1v) is 9.37. The number of benzene rings is 2. The van der Waals surface area contributed by atoms with E-state index in [0.717, 1.165) is 0 Å². The Kier molecular flexibility index (Phi) is 4.95. The Labute approximate surface area is 155 Å². The van der Waals surface area contributed by atoms with Crippen molar-refractivity contribution in [3.63, 3.8) is 0 Å². The molecule has 1 heterocycles. The summed E-state index contributed by atoms with van der Waals surface area (Å²) >= 11 is 0. The largest absolute Gasteiger partial charge is 0.360 e. The van der Waals surface area contributed by atoms with Crippen LogP contribution in [0.15, 0.2) is 57.9 Å². The summed E-state index contributed by atoms with van der Waals surface area (Å²) in [7, 11) is -3.87. The lowest BCUT2D eigenvalue weighted by Crippen LogP contribution is -2.15. The first kappa shape index (κ1) is 18.6. The van der Waals surface area contributed by atoms with Crippen LogP contribution in [-0.2, 0) is 10.0 Å². The van der Waals surface area contributed by atoms with Crippen molar-refractivity contribution in [2.24, 2.45) is 0 Å². The molecule has 7 nitrogen and oxygen atoms in total. The fraction of sp³-hybridized carbons (Fsp3) is 0.111. The molecule has 1 amide bonds. The maximum atomic E-state index is 13.2. The van der Waals surface area contributed by atoms with E-state index in [2.05, 4.69) is 15.2 Å². The molecule has 0 aliphatic carbocycles. The summed E-state index contributed by atoms with van der Waals surface area (Å²) < 4.78 is 45.4. The second kappa shape index (κ2) is 7.20. The van der Waals surface area contributed by atoms with Crippen molar-refractivity contribution in [1.29, 1.82) is 0 Å². The summed E-state index contributed by atoms with van der Waals surface area (Å²) in [6, 6.07) is 11.3. The number of rotatable bonds is 5. The summed E-state index contributed by atoms with van der Waals surface area (Å²) in [6.45, 7) is 3.04. The number of aromatic nitrogens is 1. The Bertz CT molecular complexity index is 1070. The summed E-state index contributed by atoms with van der Waals surface area (Å²) in [6.07, 6.45) is 0. The van der Waals surface area contributed by atoms with Gasteiger partial charge in [0.15, 0.2) is 10.7 Å². The van der Waals surface area contributed by atoms with E-state index in [0.29, 0.717) is 11.3 Å². The molecule has 0 radical (unpaired) electrons. The number of aryl methyl sites for hydroxylation is 2. The Morgan fingerprint density at radius 1 is 1.07 bits per heavy atom. The van der Waals surface area contributed by atoms with Gasteiger partial charge in [-0.2, -0.15) is 0 Å². The lowest BCUT2D eigenvalue weighted by Gasteiger charge is -2.09. The fourth-order valence-electron chi connectivity index (χ4n) is 2.52. The van der Waals surface area contributed by atoms with Crippen LogP contribution in [0.5, 0.6) is 0 Å². The minimum Gasteiger partial charge on any atom is -0.360 e. The maximum absolute atomic E-state index is 13.2. The molecule has 0 fully saturated rings. The zero-order valence-electron chi connectivity index (χ0n) is 14.5. The van der Waals surface area contributed by atoms with Crippen molar-refractivity contribution in [1.82, 2.24) is 5.16 Å². The molecule has 2 aromatic carbocycles. The first-order chi connectivity index (χ1) is 12.8. The third kappa shape index (κ3) is 4.14. The predicted octanol–water partition coefficient (Wildman–Crippen LogP) is 3.48. The van der Waals surface area contributed by atoms with Gasteiger partial charge in [0, 0.05) is 16.9 Å². The van der Waals surface area contributed by atoms with Crippen molar-refractivity contribution in [3.8, 4) is 0 Å². The van der Waals surface area contributed by atoms with Crippen LogP contribution in [0.4, 0.5) is 15.8 Å². The number of carbonyl (C=O) groups excluding carboxylic acids is 1. The third-order valence-electron chi connectivity index (χ3n) is 3.72. The molecule has 9 heteroatoms. The number of halogens is 1. The number of anilines is 2. The summed E-state index contributed by atoms with van der Waals surface area (Å²) in [5.74, 6) is -0.719. The molecule has 0 spiro atoms. The van der Waals surface area contributed by atoms with Crippen LogP contribution >= 0.6 is 0 Å². The van der Waals surface area contributed by atoms with E-state index >= 15 is 0 Å². The minimum absolute atomic E-state index is 0.0181. The van der Waals surface area contributed by atoms with Gasteiger partial charge in [0.2, 0.25) is 0 Å². The molecular weight excluding hydrogens is 373 g/mol. The van der Waals surface area contributed by atoms with Crippen LogP contribution in [0.3, 0.4) is 0 Å². The molecule has 0 saturated heterocycles. The standard InChI is InChI=1S/C18H16FN3O4S/c1-11-17(12(2)26-21-11)27(24,25)22-15-8-6-13(7-9-15)18(23)20-16-5-3-4-14(19)10-16/h3-10,22H,1-2H3,(H,20,23). The Morgan fingerprint density at radius 2 is 1.78 bits per heavy atom. The van der Waals surface area contributed by atoms with E-state index in [-0.39, 0.29) is 22.0 Å². The zero-order chi connectivity index (χ0) is 19.6. The van der Waals surface area contributed by atoms with Crippen LogP contribution < -0.4 is 10.0 Å². The topological polar surface area (TPSA) is 101 Å². The second-order valence-corrected chi connectivity index (χ2v) is 7.42. The summed E-state index contributed by atoms with van der Waals surface area (Å²) in [5.41, 5.74) is 1.14. The number of hydrogen-bond acceptors (Lipinski definition) is 5. The van der Waals surface area contributed by atoms with E-state index in [4.69, 9.17) is 4.52 Å². The Morgan fingerprint density at radius 3 is 2.37 bits per heavy atom. The molecule has 27 heavy (non-hydrogen) atoms. The smallest absolute Gasteiger partial charge is 0.267 e. The normalized spacial score (nSPS) is 11.2. The molecule has 2 N–H and O–H groups in total. The van der Waals surface area contributed by atoms with Crippen molar-refractivity contribution >= 4 is 27.3 Å². The molecule has 0 saturated carbocycles. The van der Waals surface area contributed by atoms with Gasteiger partial charge in [0.05, 0.1) is 0 Å². The number of nitrogens with one attached hydrogen (secondary N) is 2. The molecule has 1 aromatic heterocycles.